The van der Waals surface area contributed by atoms with E-state index in [1.165, 1.54) is 0 Å². The van der Waals surface area contributed by atoms with Crippen molar-refractivity contribution in [3.8, 4) is 0 Å². The highest BCUT2D eigenvalue weighted by Gasteiger charge is 2.33. The van der Waals surface area contributed by atoms with Crippen molar-refractivity contribution in [1.82, 2.24) is 20.0 Å². The summed E-state index contributed by atoms with van der Waals surface area (Å²) in [4.78, 5) is 27.9. The topological polar surface area (TPSA) is 87.8 Å². The fourth-order valence-corrected chi connectivity index (χ4v) is 3.16. The first-order chi connectivity index (χ1) is 11.1. The number of aryl methyl sites for hydroxylation is 2. The maximum Gasteiger partial charge on any atom is 0.249 e. The molecule has 1 unspecified atom stereocenters. The second kappa shape index (κ2) is 6.67. The van der Waals surface area contributed by atoms with Crippen molar-refractivity contribution in [3.63, 3.8) is 0 Å². The van der Waals surface area contributed by atoms with Crippen LogP contribution in [0.4, 0.5) is 0 Å². The van der Waals surface area contributed by atoms with Gasteiger partial charge in [-0.25, -0.2) is 0 Å². The lowest BCUT2D eigenvalue weighted by atomic mass is 10.0. The third kappa shape index (κ3) is 3.23. The maximum absolute atomic E-state index is 12.7. The number of rotatable bonds is 3. The van der Waals surface area contributed by atoms with E-state index in [0.29, 0.717) is 32.9 Å². The summed E-state index contributed by atoms with van der Waals surface area (Å²) >= 11 is 0. The molecule has 2 amide bonds. The number of aromatic nitrogens is 2. The molecule has 8 heteroatoms. The molecule has 2 aliphatic rings. The molecule has 1 aromatic heterocycles. The second-order valence-electron chi connectivity index (χ2n) is 5.89. The van der Waals surface area contributed by atoms with Crippen LogP contribution in [0.3, 0.4) is 0 Å². The molecule has 126 valence electrons. The largest absolute Gasteiger partial charge is 0.377 e. The summed E-state index contributed by atoms with van der Waals surface area (Å²) in [7, 11) is 0. The molecule has 1 N–H and O–H groups in total. The number of carbonyl (C=O) groups is 2. The molecule has 2 aliphatic heterocycles. The molecule has 2 fully saturated rings. The summed E-state index contributed by atoms with van der Waals surface area (Å²) in [5.74, 6) is -0.196. The summed E-state index contributed by atoms with van der Waals surface area (Å²) < 4.78 is 10.7. The number of ether oxygens (including phenoxy) is 2. The molecule has 3 rings (SSSR count). The van der Waals surface area contributed by atoms with Crippen molar-refractivity contribution < 1.29 is 19.1 Å². The molecule has 1 aromatic rings. The molecule has 23 heavy (non-hydrogen) atoms. The van der Waals surface area contributed by atoms with Crippen LogP contribution in [0.15, 0.2) is 0 Å². The average molecular weight is 322 g/mol. The van der Waals surface area contributed by atoms with Gasteiger partial charge in [0.05, 0.1) is 38.1 Å². The van der Waals surface area contributed by atoms with Gasteiger partial charge in [0.1, 0.15) is 6.61 Å². The van der Waals surface area contributed by atoms with Crippen molar-refractivity contribution in [2.75, 3.05) is 46.1 Å². The Morgan fingerprint density at radius 1 is 1.30 bits per heavy atom. The highest BCUT2D eigenvalue weighted by atomic mass is 16.5. The summed E-state index contributed by atoms with van der Waals surface area (Å²) in [5, 5.41) is 7.17. The Kier molecular flexibility index (Phi) is 4.63. The molecular formula is C15H22N4O4. The number of H-pyrrole nitrogens is 1. The SMILES string of the molecule is Cc1n[nH]c(C)c1C1COCCN1C(=O)CN1CCOCC1=O. The van der Waals surface area contributed by atoms with Crippen molar-refractivity contribution in [2.45, 2.75) is 19.9 Å². The highest BCUT2D eigenvalue weighted by molar-refractivity contribution is 5.86. The first kappa shape index (κ1) is 15.9. The van der Waals surface area contributed by atoms with E-state index in [1.807, 2.05) is 13.8 Å². The van der Waals surface area contributed by atoms with E-state index in [1.54, 1.807) is 9.80 Å². The third-order valence-corrected chi connectivity index (χ3v) is 4.38. The molecule has 0 aliphatic carbocycles. The van der Waals surface area contributed by atoms with E-state index in [-0.39, 0.29) is 31.0 Å². The quantitative estimate of drug-likeness (QED) is 0.832. The van der Waals surface area contributed by atoms with Crippen molar-refractivity contribution in [1.29, 1.82) is 0 Å². The van der Waals surface area contributed by atoms with Crippen LogP contribution < -0.4 is 0 Å². The third-order valence-electron chi connectivity index (χ3n) is 4.38. The monoisotopic (exact) mass is 322 g/mol. The van der Waals surface area contributed by atoms with Crippen LogP contribution in [-0.4, -0.2) is 77.9 Å². The van der Waals surface area contributed by atoms with Gasteiger partial charge in [-0.2, -0.15) is 5.10 Å². The number of hydrogen-bond donors (Lipinski definition) is 1. The Morgan fingerprint density at radius 2 is 2.09 bits per heavy atom. The van der Waals surface area contributed by atoms with E-state index in [9.17, 15) is 9.59 Å². The first-order valence-electron chi connectivity index (χ1n) is 7.82. The van der Waals surface area contributed by atoms with Gasteiger partial charge < -0.3 is 19.3 Å². The molecule has 0 saturated carbocycles. The molecule has 0 bridgehead atoms. The Hall–Kier alpha value is -1.93. The summed E-state index contributed by atoms with van der Waals surface area (Å²) in [6.45, 7) is 6.42. The van der Waals surface area contributed by atoms with Crippen LogP contribution in [0.2, 0.25) is 0 Å². The fraction of sp³-hybridized carbons (Fsp3) is 0.667. The first-order valence-corrected chi connectivity index (χ1v) is 7.82. The second-order valence-corrected chi connectivity index (χ2v) is 5.89. The summed E-state index contributed by atoms with van der Waals surface area (Å²) in [6, 6.07) is -0.161. The minimum atomic E-state index is -0.161. The van der Waals surface area contributed by atoms with Gasteiger partial charge in [0.2, 0.25) is 11.8 Å². The molecule has 8 nitrogen and oxygen atoms in total. The van der Waals surface area contributed by atoms with Crippen molar-refractivity contribution in [3.05, 3.63) is 17.0 Å². The smallest absolute Gasteiger partial charge is 0.249 e. The van der Waals surface area contributed by atoms with E-state index < -0.39 is 0 Å². The highest BCUT2D eigenvalue weighted by Crippen LogP contribution is 2.28. The van der Waals surface area contributed by atoms with Crippen molar-refractivity contribution >= 4 is 11.8 Å². The van der Waals surface area contributed by atoms with E-state index in [0.717, 1.165) is 17.0 Å². The number of carbonyl (C=O) groups excluding carboxylic acids is 2. The minimum Gasteiger partial charge on any atom is -0.377 e. The van der Waals surface area contributed by atoms with Crippen LogP contribution in [0, 0.1) is 13.8 Å². The Balaban J connectivity index is 1.75. The molecular weight excluding hydrogens is 300 g/mol. The zero-order valence-electron chi connectivity index (χ0n) is 13.5. The van der Waals surface area contributed by atoms with Crippen LogP contribution in [0.25, 0.3) is 0 Å². The number of hydrogen-bond acceptors (Lipinski definition) is 5. The Bertz CT molecular complexity index is 581. The van der Waals surface area contributed by atoms with Gasteiger partial charge in [-0.3, -0.25) is 14.7 Å². The zero-order valence-corrected chi connectivity index (χ0v) is 13.5. The Morgan fingerprint density at radius 3 is 2.78 bits per heavy atom. The maximum atomic E-state index is 12.7. The standard InChI is InChI=1S/C15H22N4O4/c1-10-15(11(2)17-16-10)12-8-22-6-4-19(12)13(20)7-18-3-5-23-9-14(18)21/h12H,3-9H2,1-2H3,(H,16,17). The fourth-order valence-electron chi connectivity index (χ4n) is 3.16. The zero-order chi connectivity index (χ0) is 16.4. The lowest BCUT2D eigenvalue weighted by Crippen LogP contribution is -2.51. The average Bonchev–Trinajstić information content (AvgIpc) is 2.88. The summed E-state index contributed by atoms with van der Waals surface area (Å²) in [6.07, 6.45) is 0. The predicted molar refractivity (Wildman–Crippen MR) is 80.7 cm³/mol. The van der Waals surface area contributed by atoms with Gasteiger partial charge in [0.15, 0.2) is 0 Å². The molecule has 1 atom stereocenters. The molecule has 3 heterocycles. The molecule has 2 saturated heterocycles. The lowest BCUT2D eigenvalue weighted by molar-refractivity contribution is -0.152. The van der Waals surface area contributed by atoms with Crippen molar-refractivity contribution in [2.24, 2.45) is 0 Å². The molecule has 0 aromatic carbocycles. The van der Waals surface area contributed by atoms with Gasteiger partial charge in [-0.1, -0.05) is 0 Å². The van der Waals surface area contributed by atoms with E-state index in [2.05, 4.69) is 10.2 Å². The van der Waals surface area contributed by atoms with Gasteiger partial charge in [0, 0.05) is 24.3 Å². The number of morpholine rings is 2. The van der Waals surface area contributed by atoms with Gasteiger partial charge >= 0.3 is 0 Å². The Labute approximate surface area is 134 Å². The number of amides is 2. The van der Waals surface area contributed by atoms with Crippen LogP contribution in [0.5, 0.6) is 0 Å². The van der Waals surface area contributed by atoms with E-state index >= 15 is 0 Å². The predicted octanol–water partition coefficient (Wildman–Crippen LogP) is -0.215. The lowest BCUT2D eigenvalue weighted by Gasteiger charge is -2.37. The van der Waals surface area contributed by atoms with Crippen LogP contribution in [0.1, 0.15) is 23.0 Å². The molecule has 0 spiro atoms. The molecule has 0 radical (unpaired) electrons. The number of nitrogens with one attached hydrogen (secondary N) is 1. The number of aromatic amines is 1. The van der Waals surface area contributed by atoms with Crippen LogP contribution in [-0.2, 0) is 19.1 Å². The minimum absolute atomic E-state index is 0.0553. The van der Waals surface area contributed by atoms with Gasteiger partial charge in [0.25, 0.3) is 0 Å². The number of nitrogens with zero attached hydrogens (tertiary/aromatic N) is 3. The van der Waals surface area contributed by atoms with E-state index in [4.69, 9.17) is 9.47 Å². The van der Waals surface area contributed by atoms with Crippen LogP contribution >= 0.6 is 0 Å². The van der Waals surface area contributed by atoms with Gasteiger partial charge in [-0.15, -0.1) is 0 Å². The normalized spacial score (nSPS) is 22.5. The summed E-state index contributed by atoms with van der Waals surface area (Å²) in [5.41, 5.74) is 2.82. The van der Waals surface area contributed by atoms with Gasteiger partial charge in [-0.05, 0) is 13.8 Å².